The lowest BCUT2D eigenvalue weighted by molar-refractivity contribution is 0.281. The molecule has 3 aromatic rings. The van der Waals surface area contributed by atoms with Crippen LogP contribution in [-0.2, 0) is 0 Å². The third-order valence-electron chi connectivity index (χ3n) is 3.42. The summed E-state index contributed by atoms with van der Waals surface area (Å²) in [5.41, 5.74) is 1.51. The number of pyridine rings is 1. The number of ether oxygens (including phenoxy) is 1. The van der Waals surface area contributed by atoms with Gasteiger partial charge in [0, 0.05) is 18.3 Å². The molecule has 124 valence electrons. The largest absolute Gasteiger partial charge is 0.494 e. The van der Waals surface area contributed by atoms with E-state index in [-0.39, 0.29) is 0 Å². The first-order valence-electron chi connectivity index (χ1n) is 7.85. The molecule has 0 aliphatic heterocycles. The van der Waals surface area contributed by atoms with Crippen molar-refractivity contribution in [2.75, 3.05) is 27.2 Å². The zero-order valence-electron chi connectivity index (χ0n) is 13.8. The van der Waals surface area contributed by atoms with Crippen LogP contribution < -0.4 is 4.74 Å². The molecule has 0 atom stereocenters. The Kier molecular flexibility index (Phi) is 5.18. The Bertz CT molecular complexity index is 771. The molecule has 0 aliphatic carbocycles. The van der Waals surface area contributed by atoms with E-state index in [1.54, 1.807) is 6.20 Å². The molecule has 3 rings (SSSR count). The second-order valence-electron chi connectivity index (χ2n) is 5.67. The summed E-state index contributed by atoms with van der Waals surface area (Å²) in [6.07, 6.45) is 2.68. The molecule has 1 aromatic carbocycles. The van der Waals surface area contributed by atoms with Crippen molar-refractivity contribution in [2.24, 2.45) is 0 Å². The minimum atomic E-state index is 0.453. The summed E-state index contributed by atoms with van der Waals surface area (Å²) in [5.74, 6) is 1.72. The Morgan fingerprint density at radius 2 is 2.04 bits per heavy atom. The molecule has 24 heavy (non-hydrogen) atoms. The second kappa shape index (κ2) is 7.70. The predicted octanol–water partition coefficient (Wildman–Crippen LogP) is 3.13. The number of hydrogen-bond donors (Lipinski definition) is 0. The van der Waals surface area contributed by atoms with Crippen LogP contribution in [0.25, 0.3) is 23.0 Å². The van der Waals surface area contributed by atoms with Crippen LogP contribution in [0.2, 0.25) is 0 Å². The number of benzene rings is 1. The summed E-state index contributed by atoms with van der Waals surface area (Å²) in [5, 5.41) is 3.99. The van der Waals surface area contributed by atoms with Crippen LogP contribution in [0.5, 0.6) is 5.75 Å². The standard InChI is InChI=1S/C18H20N4O2/c1-22(2)11-6-12-23-15-8-5-7-14(13-15)18-20-17(21-24-18)16-9-3-4-10-19-16/h3-5,7-10,13H,6,11-12H2,1-2H3. The van der Waals surface area contributed by atoms with Crippen molar-refractivity contribution in [3.8, 4) is 28.7 Å². The average Bonchev–Trinajstić information content (AvgIpc) is 3.10. The fourth-order valence-electron chi connectivity index (χ4n) is 2.23. The molecule has 6 nitrogen and oxygen atoms in total. The lowest BCUT2D eigenvalue weighted by Crippen LogP contribution is -2.15. The highest BCUT2D eigenvalue weighted by atomic mass is 16.5. The molecular formula is C18H20N4O2. The lowest BCUT2D eigenvalue weighted by Gasteiger charge is -2.10. The molecule has 2 aromatic heterocycles. The van der Waals surface area contributed by atoms with E-state index in [0.717, 1.165) is 24.3 Å². The van der Waals surface area contributed by atoms with Crippen molar-refractivity contribution in [2.45, 2.75) is 6.42 Å². The van der Waals surface area contributed by atoms with Crippen LogP contribution in [0, 0.1) is 0 Å². The second-order valence-corrected chi connectivity index (χ2v) is 5.67. The van der Waals surface area contributed by atoms with E-state index in [1.807, 2.05) is 42.5 Å². The van der Waals surface area contributed by atoms with Gasteiger partial charge in [0.2, 0.25) is 5.82 Å². The molecule has 2 heterocycles. The minimum absolute atomic E-state index is 0.453. The smallest absolute Gasteiger partial charge is 0.258 e. The van der Waals surface area contributed by atoms with Gasteiger partial charge < -0.3 is 14.2 Å². The van der Waals surface area contributed by atoms with Crippen LogP contribution in [-0.4, -0.2) is 47.3 Å². The Balaban J connectivity index is 1.69. The van der Waals surface area contributed by atoms with Crippen molar-refractivity contribution in [1.82, 2.24) is 20.0 Å². The first kappa shape index (κ1) is 16.1. The number of nitrogens with zero attached hydrogens (tertiary/aromatic N) is 4. The van der Waals surface area contributed by atoms with Gasteiger partial charge >= 0.3 is 0 Å². The molecule has 0 saturated carbocycles. The van der Waals surface area contributed by atoms with Gasteiger partial charge in [-0.3, -0.25) is 4.98 Å². The molecule has 0 unspecified atom stereocenters. The molecule has 0 radical (unpaired) electrons. The summed E-state index contributed by atoms with van der Waals surface area (Å²) in [7, 11) is 4.10. The highest BCUT2D eigenvalue weighted by Gasteiger charge is 2.11. The third-order valence-corrected chi connectivity index (χ3v) is 3.42. The van der Waals surface area contributed by atoms with Gasteiger partial charge in [-0.2, -0.15) is 4.98 Å². The molecule has 0 amide bonds. The van der Waals surface area contributed by atoms with Crippen LogP contribution in [0.3, 0.4) is 0 Å². The highest BCUT2D eigenvalue weighted by Crippen LogP contribution is 2.24. The van der Waals surface area contributed by atoms with Crippen molar-refractivity contribution in [1.29, 1.82) is 0 Å². The van der Waals surface area contributed by atoms with Crippen LogP contribution in [0.15, 0.2) is 53.2 Å². The van der Waals surface area contributed by atoms with Crippen molar-refractivity contribution >= 4 is 0 Å². The zero-order valence-corrected chi connectivity index (χ0v) is 13.8. The minimum Gasteiger partial charge on any atom is -0.494 e. The maximum Gasteiger partial charge on any atom is 0.258 e. The first-order chi connectivity index (χ1) is 11.7. The van der Waals surface area contributed by atoms with E-state index >= 15 is 0 Å². The van der Waals surface area contributed by atoms with E-state index in [1.165, 1.54) is 0 Å². The highest BCUT2D eigenvalue weighted by molar-refractivity contribution is 5.58. The van der Waals surface area contributed by atoms with Gasteiger partial charge in [0.25, 0.3) is 5.89 Å². The Morgan fingerprint density at radius 3 is 2.83 bits per heavy atom. The first-order valence-corrected chi connectivity index (χ1v) is 7.85. The Morgan fingerprint density at radius 1 is 1.12 bits per heavy atom. The molecule has 0 N–H and O–H groups in total. The van der Waals surface area contributed by atoms with Crippen molar-refractivity contribution in [3.63, 3.8) is 0 Å². The molecule has 0 fully saturated rings. The topological polar surface area (TPSA) is 64.3 Å². The fourth-order valence-corrected chi connectivity index (χ4v) is 2.23. The number of hydrogen-bond acceptors (Lipinski definition) is 6. The Hall–Kier alpha value is -2.73. The van der Waals surface area contributed by atoms with E-state index in [0.29, 0.717) is 24.0 Å². The van der Waals surface area contributed by atoms with Gasteiger partial charge in [-0.1, -0.05) is 17.3 Å². The van der Waals surface area contributed by atoms with Gasteiger partial charge in [0.15, 0.2) is 0 Å². The number of rotatable bonds is 7. The normalized spacial score (nSPS) is 11.0. The lowest BCUT2D eigenvalue weighted by atomic mass is 10.2. The van der Waals surface area contributed by atoms with Gasteiger partial charge in [-0.05, 0) is 50.8 Å². The maximum atomic E-state index is 5.78. The monoisotopic (exact) mass is 324 g/mol. The van der Waals surface area contributed by atoms with E-state index in [4.69, 9.17) is 9.26 Å². The molecule has 6 heteroatoms. The van der Waals surface area contributed by atoms with Gasteiger partial charge in [0.05, 0.1) is 6.61 Å². The summed E-state index contributed by atoms with van der Waals surface area (Å²) in [4.78, 5) is 10.8. The Labute approximate surface area is 141 Å². The summed E-state index contributed by atoms with van der Waals surface area (Å²) in [6, 6.07) is 13.3. The van der Waals surface area contributed by atoms with E-state index in [9.17, 15) is 0 Å². The van der Waals surface area contributed by atoms with Gasteiger partial charge in [-0.15, -0.1) is 0 Å². The van der Waals surface area contributed by atoms with E-state index in [2.05, 4.69) is 34.1 Å². The summed E-state index contributed by atoms with van der Waals surface area (Å²) < 4.78 is 11.1. The van der Waals surface area contributed by atoms with Crippen molar-refractivity contribution in [3.05, 3.63) is 48.7 Å². The fraction of sp³-hybridized carbons (Fsp3) is 0.278. The molecule has 0 saturated heterocycles. The molecule has 0 bridgehead atoms. The SMILES string of the molecule is CN(C)CCCOc1cccc(-c2nc(-c3ccccn3)no2)c1. The van der Waals surface area contributed by atoms with Crippen LogP contribution >= 0.6 is 0 Å². The summed E-state index contributed by atoms with van der Waals surface area (Å²) in [6.45, 7) is 1.67. The van der Waals surface area contributed by atoms with Crippen LogP contribution in [0.1, 0.15) is 6.42 Å². The third kappa shape index (κ3) is 4.17. The number of aromatic nitrogens is 3. The van der Waals surface area contributed by atoms with Crippen LogP contribution in [0.4, 0.5) is 0 Å². The van der Waals surface area contributed by atoms with Crippen molar-refractivity contribution < 1.29 is 9.26 Å². The molecule has 0 aliphatic rings. The molecular weight excluding hydrogens is 304 g/mol. The summed E-state index contributed by atoms with van der Waals surface area (Å²) >= 11 is 0. The predicted molar refractivity (Wildman–Crippen MR) is 91.6 cm³/mol. The molecule has 0 spiro atoms. The van der Waals surface area contributed by atoms with Gasteiger partial charge in [0.1, 0.15) is 11.4 Å². The quantitative estimate of drug-likeness (QED) is 0.622. The zero-order chi connectivity index (χ0) is 16.8. The van der Waals surface area contributed by atoms with E-state index < -0.39 is 0 Å². The average molecular weight is 324 g/mol. The van der Waals surface area contributed by atoms with Gasteiger partial charge in [-0.25, -0.2) is 0 Å². The maximum absolute atomic E-state index is 5.78.